The molecule has 4 rings (SSSR count). The number of benzene rings is 2. The van der Waals surface area contributed by atoms with Crippen LogP contribution in [0.5, 0.6) is 0 Å². The lowest BCUT2D eigenvalue weighted by Crippen LogP contribution is -2.46. The van der Waals surface area contributed by atoms with Crippen molar-refractivity contribution in [3.8, 4) is 11.1 Å². The lowest BCUT2D eigenvalue weighted by Gasteiger charge is -2.42. The Morgan fingerprint density at radius 2 is 1.76 bits per heavy atom. The highest BCUT2D eigenvalue weighted by Gasteiger charge is 2.40. The van der Waals surface area contributed by atoms with Crippen LogP contribution in [0.1, 0.15) is 65.3 Å². The van der Waals surface area contributed by atoms with Gasteiger partial charge in [-0.15, -0.1) is 11.8 Å². The van der Waals surface area contributed by atoms with E-state index in [2.05, 4.69) is 0 Å². The van der Waals surface area contributed by atoms with Gasteiger partial charge >= 0.3 is 12.1 Å². The maximum Gasteiger partial charge on any atom is 0.410 e. The predicted molar refractivity (Wildman–Crippen MR) is 188 cm³/mol. The van der Waals surface area contributed by atoms with Crippen LogP contribution < -0.4 is 5.73 Å². The number of hydrogen-bond acceptors (Lipinski definition) is 6. The minimum atomic E-state index is -1.14. The first-order chi connectivity index (χ1) is 22.9. The third-order valence-electron chi connectivity index (χ3n) is 8.33. The molecule has 0 aliphatic carbocycles. The number of aliphatic carboxylic acids is 1. The van der Waals surface area contributed by atoms with Crippen LogP contribution in [0.3, 0.4) is 0 Å². The van der Waals surface area contributed by atoms with Gasteiger partial charge in [-0.1, -0.05) is 51.1 Å². The van der Waals surface area contributed by atoms with Gasteiger partial charge in [-0.05, 0) is 68.4 Å². The predicted octanol–water partition coefficient (Wildman–Crippen LogP) is 6.80. The molecule has 9 nitrogen and oxygen atoms in total. The number of thioether (sulfide) groups is 1. The summed E-state index contributed by atoms with van der Waals surface area (Å²) in [6.07, 6.45) is 2.04. The molecule has 49 heavy (non-hydrogen) atoms. The summed E-state index contributed by atoms with van der Waals surface area (Å²) < 4.78 is 37.1. The van der Waals surface area contributed by atoms with Crippen molar-refractivity contribution in [1.82, 2.24) is 14.4 Å². The van der Waals surface area contributed by atoms with E-state index in [9.17, 15) is 23.9 Å². The van der Waals surface area contributed by atoms with Crippen molar-refractivity contribution >= 4 is 29.7 Å². The zero-order valence-corrected chi connectivity index (χ0v) is 29.9. The van der Waals surface area contributed by atoms with Crippen molar-refractivity contribution < 1.29 is 33.0 Å². The Morgan fingerprint density at radius 3 is 2.39 bits per heavy atom. The van der Waals surface area contributed by atoms with E-state index in [0.717, 1.165) is 35.2 Å². The number of rotatable bonds is 12. The summed E-state index contributed by atoms with van der Waals surface area (Å²) in [6, 6.07) is 13.3. The highest BCUT2D eigenvalue weighted by atomic mass is 32.2. The number of carbonyl (C=O) groups is 3. The number of likely N-dealkylation sites (tertiary alicyclic amines) is 1. The molecule has 2 aromatic carbocycles. The highest BCUT2D eigenvalue weighted by Crippen LogP contribution is 2.42. The van der Waals surface area contributed by atoms with Crippen LogP contribution in [0, 0.1) is 23.0 Å². The van der Waals surface area contributed by atoms with Gasteiger partial charge < -0.3 is 29.9 Å². The Balaban J connectivity index is 1.77. The van der Waals surface area contributed by atoms with Gasteiger partial charge in [0.15, 0.2) is 0 Å². The molecule has 0 radical (unpaired) electrons. The quantitative estimate of drug-likeness (QED) is 0.214. The zero-order chi connectivity index (χ0) is 36.1. The molecule has 0 saturated carbocycles. The SMILES string of the molecule is CC(C)(C)OC(=O)N1CCC(CN(C(=O)CSC[C@H](N)C(=O)O)[C@@H](c2cc(-c3cc(F)ccc3F)cn2Cc2ccccc2)C(C)(C)C)C1. The third-order valence-corrected chi connectivity index (χ3v) is 9.38. The van der Waals surface area contributed by atoms with Crippen molar-refractivity contribution in [3.05, 3.63) is 83.7 Å². The molecule has 12 heteroatoms. The number of nitrogens with two attached hydrogens (primary N) is 1. The van der Waals surface area contributed by atoms with Crippen LogP contribution in [0.15, 0.2) is 60.8 Å². The van der Waals surface area contributed by atoms with Gasteiger partial charge in [-0.2, -0.15) is 0 Å². The summed E-state index contributed by atoms with van der Waals surface area (Å²) in [5, 5.41) is 9.29. The van der Waals surface area contributed by atoms with Gasteiger partial charge in [0, 0.05) is 54.9 Å². The molecule has 1 saturated heterocycles. The number of halogens is 2. The van der Waals surface area contributed by atoms with Crippen LogP contribution in [0.25, 0.3) is 11.1 Å². The summed E-state index contributed by atoms with van der Waals surface area (Å²) in [5.41, 5.74) is 6.85. The molecule has 0 spiro atoms. The summed E-state index contributed by atoms with van der Waals surface area (Å²) in [6.45, 7) is 13.1. The number of carbonyl (C=O) groups excluding carboxylic acids is 2. The van der Waals surface area contributed by atoms with Gasteiger partial charge in [0.05, 0.1) is 11.8 Å². The molecule has 1 aliphatic rings. The zero-order valence-electron chi connectivity index (χ0n) is 29.1. The van der Waals surface area contributed by atoms with Crippen molar-refractivity contribution in [1.29, 1.82) is 0 Å². The smallest absolute Gasteiger partial charge is 0.410 e. The van der Waals surface area contributed by atoms with E-state index >= 15 is 4.39 Å². The van der Waals surface area contributed by atoms with Gasteiger partial charge in [-0.25, -0.2) is 13.6 Å². The molecular weight excluding hydrogens is 650 g/mol. The minimum Gasteiger partial charge on any atom is -0.480 e. The summed E-state index contributed by atoms with van der Waals surface area (Å²) in [4.78, 5) is 42.0. The fraction of sp³-hybridized carbons (Fsp3) is 0.486. The van der Waals surface area contributed by atoms with E-state index in [1.54, 1.807) is 11.1 Å². The summed E-state index contributed by atoms with van der Waals surface area (Å²) in [7, 11) is 0. The van der Waals surface area contributed by atoms with Gasteiger partial charge in [0.25, 0.3) is 0 Å². The molecule has 266 valence electrons. The van der Waals surface area contributed by atoms with E-state index in [-0.39, 0.29) is 28.9 Å². The molecule has 1 unspecified atom stereocenters. The first kappa shape index (κ1) is 37.9. The van der Waals surface area contributed by atoms with E-state index < -0.39 is 46.8 Å². The fourth-order valence-corrected chi connectivity index (χ4v) is 7.00. The molecule has 2 amide bonds. The van der Waals surface area contributed by atoms with E-state index in [0.29, 0.717) is 38.2 Å². The van der Waals surface area contributed by atoms with Gasteiger partial charge in [-0.3, -0.25) is 9.59 Å². The fourth-order valence-electron chi connectivity index (χ4n) is 6.14. The number of hydrogen-bond donors (Lipinski definition) is 2. The first-order valence-corrected chi connectivity index (χ1v) is 17.6. The second-order valence-corrected chi connectivity index (χ2v) is 15.8. The topological polar surface area (TPSA) is 118 Å². The largest absolute Gasteiger partial charge is 0.480 e. The third kappa shape index (κ3) is 10.3. The molecule has 1 fully saturated rings. The van der Waals surface area contributed by atoms with E-state index in [1.807, 2.05) is 87.4 Å². The first-order valence-electron chi connectivity index (χ1n) is 16.5. The van der Waals surface area contributed by atoms with Crippen molar-refractivity contribution in [2.75, 3.05) is 31.1 Å². The molecule has 1 aliphatic heterocycles. The second kappa shape index (κ2) is 15.8. The lowest BCUT2D eigenvalue weighted by molar-refractivity contribution is -0.138. The number of nitrogens with zero attached hydrogens (tertiary/aromatic N) is 3. The van der Waals surface area contributed by atoms with E-state index in [4.69, 9.17) is 10.5 Å². The number of amides is 2. The lowest BCUT2D eigenvalue weighted by atomic mass is 9.82. The Hall–Kier alpha value is -3.90. The van der Waals surface area contributed by atoms with Gasteiger partial charge in [0.2, 0.25) is 5.91 Å². The van der Waals surface area contributed by atoms with Crippen molar-refractivity contribution in [2.45, 2.75) is 72.2 Å². The monoisotopic (exact) mass is 698 g/mol. The number of carboxylic acid groups (broad SMARTS) is 1. The standard InChI is InChI=1S/C37H48F2N4O5S/c1-36(2,3)33(31-16-26(28-17-27(38)12-13-29(28)39)21-42(31)18-24-10-8-7-9-11-24)43(32(44)23-49-22-30(40)34(45)46)20-25-14-15-41(19-25)35(47)48-37(4,5)6/h7-13,16-17,21,25,30,33H,14-15,18-20,22-23,40H2,1-6H3,(H,45,46)/t25?,30-,33-/m0/s1. The summed E-state index contributed by atoms with van der Waals surface area (Å²) in [5.74, 6) is -2.52. The number of carboxylic acids is 1. The number of ether oxygens (including phenoxy) is 1. The Morgan fingerprint density at radius 1 is 1.06 bits per heavy atom. The maximum absolute atomic E-state index is 15.1. The molecule has 2 heterocycles. The van der Waals surface area contributed by atoms with Crippen LogP contribution in [-0.2, 0) is 20.9 Å². The van der Waals surface area contributed by atoms with Crippen LogP contribution >= 0.6 is 11.8 Å². The number of aromatic nitrogens is 1. The van der Waals surface area contributed by atoms with Crippen LogP contribution in [-0.4, -0.2) is 80.2 Å². The van der Waals surface area contributed by atoms with Gasteiger partial charge in [0.1, 0.15) is 23.3 Å². The van der Waals surface area contributed by atoms with Crippen molar-refractivity contribution in [2.24, 2.45) is 17.1 Å². The average Bonchev–Trinajstić information content (AvgIpc) is 3.64. The molecule has 1 aromatic heterocycles. The molecule has 3 N–H and O–H groups in total. The maximum atomic E-state index is 15.1. The van der Waals surface area contributed by atoms with Crippen molar-refractivity contribution in [3.63, 3.8) is 0 Å². The van der Waals surface area contributed by atoms with Crippen LogP contribution in [0.4, 0.5) is 13.6 Å². The molecule has 3 aromatic rings. The average molecular weight is 699 g/mol. The highest BCUT2D eigenvalue weighted by molar-refractivity contribution is 8.00. The summed E-state index contributed by atoms with van der Waals surface area (Å²) >= 11 is 1.15. The Kier molecular flexibility index (Phi) is 12.2. The Bertz CT molecular complexity index is 1620. The normalized spacial score (nSPS) is 16.3. The second-order valence-electron chi connectivity index (χ2n) is 14.7. The molecular formula is C37H48F2N4O5S. The molecule has 0 bridgehead atoms. The Labute approximate surface area is 291 Å². The van der Waals surface area contributed by atoms with E-state index in [1.165, 1.54) is 6.07 Å². The molecule has 3 atom stereocenters. The van der Waals surface area contributed by atoms with Crippen LogP contribution in [0.2, 0.25) is 0 Å². The minimum absolute atomic E-state index is 0.0131.